The highest BCUT2D eigenvalue weighted by Gasteiger charge is 2.26. The Labute approximate surface area is 211 Å². The molecule has 3 aromatic rings. The number of benzene rings is 2. The minimum absolute atomic E-state index is 0.0443. The summed E-state index contributed by atoms with van der Waals surface area (Å²) in [6.45, 7) is 10.7. The van der Waals surface area contributed by atoms with Crippen LogP contribution in [0.15, 0.2) is 53.9 Å². The molecule has 0 bridgehead atoms. The smallest absolute Gasteiger partial charge is 0.322 e. The van der Waals surface area contributed by atoms with E-state index in [0.717, 1.165) is 33.6 Å². The van der Waals surface area contributed by atoms with Crippen LogP contribution in [0.2, 0.25) is 0 Å². The number of nitrogens with zero attached hydrogens (tertiary/aromatic N) is 2. The lowest BCUT2D eigenvalue weighted by Crippen LogP contribution is -2.47. The molecule has 0 spiro atoms. The van der Waals surface area contributed by atoms with Gasteiger partial charge in [0.15, 0.2) is 0 Å². The number of halogens is 1. The Morgan fingerprint density at radius 3 is 2.29 bits per heavy atom. The Morgan fingerprint density at radius 1 is 0.971 bits per heavy atom. The molecule has 1 unspecified atom stereocenters. The monoisotopic (exact) mass is 495 g/mol. The quantitative estimate of drug-likeness (QED) is 0.360. The topological polar surface area (TPSA) is 52.7 Å². The largest absolute Gasteiger partial charge is 0.332 e. The van der Waals surface area contributed by atoms with E-state index in [0.29, 0.717) is 18.8 Å². The first-order chi connectivity index (χ1) is 16.7. The summed E-state index contributed by atoms with van der Waals surface area (Å²) in [5, 5.41) is 4.96. The summed E-state index contributed by atoms with van der Waals surface area (Å²) in [4.78, 5) is 31.2. The first-order valence-electron chi connectivity index (χ1n) is 11.9. The summed E-state index contributed by atoms with van der Waals surface area (Å²) in [7, 11) is 0. The van der Waals surface area contributed by atoms with Gasteiger partial charge in [0.25, 0.3) is 0 Å². The Kier molecular flexibility index (Phi) is 9.04. The molecule has 5 nitrogen and oxygen atoms in total. The van der Waals surface area contributed by atoms with E-state index in [-0.39, 0.29) is 30.3 Å². The summed E-state index contributed by atoms with van der Waals surface area (Å²) >= 11 is 1.60. The fourth-order valence-corrected chi connectivity index (χ4v) is 4.61. The second-order valence-electron chi connectivity index (χ2n) is 9.02. The molecule has 1 N–H and O–H groups in total. The van der Waals surface area contributed by atoms with E-state index in [9.17, 15) is 14.0 Å². The maximum atomic E-state index is 13.6. The fourth-order valence-electron chi connectivity index (χ4n) is 3.69. The molecule has 7 heteroatoms. The molecule has 35 heavy (non-hydrogen) atoms. The van der Waals surface area contributed by atoms with Gasteiger partial charge in [-0.2, -0.15) is 0 Å². The number of anilines is 1. The van der Waals surface area contributed by atoms with Crippen LogP contribution in [-0.4, -0.2) is 34.3 Å². The Balaban J connectivity index is 1.80. The molecule has 0 aliphatic carbocycles. The van der Waals surface area contributed by atoms with Crippen molar-refractivity contribution in [1.29, 1.82) is 0 Å². The van der Waals surface area contributed by atoms with Gasteiger partial charge in [0.2, 0.25) is 5.91 Å². The molecule has 1 atom stereocenters. The summed E-state index contributed by atoms with van der Waals surface area (Å²) in [5.74, 6) is -0.468. The number of nitrogens with one attached hydrogen (secondary N) is 1. The van der Waals surface area contributed by atoms with Crippen molar-refractivity contribution in [2.75, 3.05) is 11.9 Å². The maximum absolute atomic E-state index is 13.6. The van der Waals surface area contributed by atoms with Gasteiger partial charge in [-0.1, -0.05) is 25.1 Å². The van der Waals surface area contributed by atoms with Gasteiger partial charge in [-0.25, -0.2) is 9.18 Å². The van der Waals surface area contributed by atoms with Crippen LogP contribution in [0.4, 0.5) is 14.9 Å². The number of urea groups is 1. The van der Waals surface area contributed by atoms with Crippen LogP contribution in [0, 0.1) is 26.6 Å². The molecule has 1 aromatic heterocycles. The van der Waals surface area contributed by atoms with Gasteiger partial charge < -0.3 is 15.1 Å². The van der Waals surface area contributed by atoms with Crippen molar-refractivity contribution in [1.82, 2.24) is 9.80 Å². The lowest BCUT2D eigenvalue weighted by molar-refractivity contribution is -0.133. The molecule has 0 aliphatic heterocycles. The Bertz CT molecular complexity index is 1160. The fraction of sp³-hybridized carbons (Fsp3) is 0.357. The number of carbonyl (C=O) groups excluding carboxylic acids is 2. The zero-order valence-electron chi connectivity index (χ0n) is 21.1. The van der Waals surface area contributed by atoms with E-state index in [1.54, 1.807) is 33.3 Å². The first-order valence-corrected chi connectivity index (χ1v) is 12.8. The molecule has 0 saturated carbocycles. The van der Waals surface area contributed by atoms with Crippen molar-refractivity contribution in [2.45, 2.75) is 60.2 Å². The number of hydrogen-bond acceptors (Lipinski definition) is 3. The molecule has 0 aliphatic rings. The molecule has 3 rings (SSSR count). The molecule has 2 aromatic carbocycles. The predicted molar refractivity (Wildman–Crippen MR) is 141 cm³/mol. The van der Waals surface area contributed by atoms with Crippen LogP contribution in [0.5, 0.6) is 0 Å². The van der Waals surface area contributed by atoms with Crippen LogP contribution in [0.3, 0.4) is 0 Å². The van der Waals surface area contributed by atoms with Crippen molar-refractivity contribution in [3.8, 4) is 0 Å². The first kappa shape index (κ1) is 26.4. The number of carbonyl (C=O) groups is 2. The van der Waals surface area contributed by atoms with Gasteiger partial charge in [-0.15, -0.1) is 11.3 Å². The number of aryl methyl sites for hydroxylation is 3. The van der Waals surface area contributed by atoms with Crippen molar-refractivity contribution < 1.29 is 14.0 Å². The van der Waals surface area contributed by atoms with E-state index < -0.39 is 0 Å². The van der Waals surface area contributed by atoms with Crippen LogP contribution >= 0.6 is 11.3 Å². The van der Waals surface area contributed by atoms with Gasteiger partial charge in [0.05, 0.1) is 6.54 Å². The van der Waals surface area contributed by atoms with Gasteiger partial charge >= 0.3 is 6.03 Å². The highest BCUT2D eigenvalue weighted by atomic mass is 32.1. The zero-order chi connectivity index (χ0) is 25.5. The number of hydrogen-bond donors (Lipinski definition) is 1. The van der Waals surface area contributed by atoms with Gasteiger partial charge in [0, 0.05) is 23.2 Å². The highest BCUT2D eigenvalue weighted by Crippen LogP contribution is 2.21. The summed E-state index contributed by atoms with van der Waals surface area (Å²) in [5.41, 5.74) is 4.90. The van der Waals surface area contributed by atoms with Crippen molar-refractivity contribution in [2.24, 2.45) is 0 Å². The number of rotatable bonds is 9. The minimum atomic E-state index is -0.313. The van der Waals surface area contributed by atoms with Gasteiger partial charge in [-0.3, -0.25) is 4.79 Å². The maximum Gasteiger partial charge on any atom is 0.322 e. The molecule has 186 valence electrons. The molecule has 0 radical (unpaired) electrons. The summed E-state index contributed by atoms with van der Waals surface area (Å²) in [6.07, 6.45) is 0.718. The normalized spacial score (nSPS) is 11.7. The third-order valence-corrected chi connectivity index (χ3v) is 7.40. The third-order valence-electron chi connectivity index (χ3n) is 6.39. The summed E-state index contributed by atoms with van der Waals surface area (Å²) < 4.78 is 13.4. The second kappa shape index (κ2) is 12.0. The Hall–Kier alpha value is -3.19. The number of amides is 3. The molecule has 0 saturated heterocycles. The minimum Gasteiger partial charge on any atom is -0.332 e. The van der Waals surface area contributed by atoms with E-state index in [1.165, 1.54) is 12.1 Å². The van der Waals surface area contributed by atoms with Gasteiger partial charge in [-0.05, 0) is 92.1 Å². The second-order valence-corrected chi connectivity index (χ2v) is 10.0. The van der Waals surface area contributed by atoms with E-state index in [1.807, 2.05) is 64.3 Å². The average molecular weight is 496 g/mol. The Morgan fingerprint density at radius 2 is 1.69 bits per heavy atom. The predicted octanol–water partition coefficient (Wildman–Crippen LogP) is 6.67. The van der Waals surface area contributed by atoms with Crippen molar-refractivity contribution >= 4 is 29.0 Å². The molecule has 1 heterocycles. The summed E-state index contributed by atoms with van der Waals surface area (Å²) in [6, 6.07) is 13.6. The van der Waals surface area contributed by atoms with Crippen LogP contribution in [0.1, 0.15) is 47.4 Å². The van der Waals surface area contributed by atoms with Gasteiger partial charge in [0.1, 0.15) is 12.4 Å². The van der Waals surface area contributed by atoms with E-state index in [4.69, 9.17) is 0 Å². The molecular weight excluding hydrogens is 461 g/mol. The molecule has 0 fully saturated rings. The standard InChI is InChI=1S/C28H34FN3O2S/c1-6-22(5)32(28(34)30-25-12-7-19(2)21(4)15-25)18-27(33)31(17-26-20(3)13-14-35-26)16-23-8-10-24(29)11-9-23/h7-15,22H,6,16-18H2,1-5H3,(H,30,34). The van der Waals surface area contributed by atoms with Crippen LogP contribution in [0.25, 0.3) is 0 Å². The van der Waals surface area contributed by atoms with Crippen molar-refractivity contribution in [3.05, 3.63) is 86.9 Å². The lowest BCUT2D eigenvalue weighted by atomic mass is 10.1. The van der Waals surface area contributed by atoms with E-state index >= 15 is 0 Å². The molecule has 3 amide bonds. The average Bonchev–Trinajstić information content (AvgIpc) is 3.24. The molecular formula is C28H34FN3O2S. The zero-order valence-corrected chi connectivity index (χ0v) is 21.9. The highest BCUT2D eigenvalue weighted by molar-refractivity contribution is 7.10. The van der Waals surface area contributed by atoms with Crippen LogP contribution in [-0.2, 0) is 17.9 Å². The third kappa shape index (κ3) is 7.15. The number of thiophene rings is 1. The SMILES string of the molecule is CCC(C)N(CC(=O)N(Cc1ccc(F)cc1)Cc1sccc1C)C(=O)Nc1ccc(C)c(C)c1. The lowest BCUT2D eigenvalue weighted by Gasteiger charge is -2.31. The van der Waals surface area contributed by atoms with Crippen molar-refractivity contribution in [3.63, 3.8) is 0 Å². The van der Waals surface area contributed by atoms with Crippen LogP contribution < -0.4 is 5.32 Å². The van der Waals surface area contributed by atoms with E-state index in [2.05, 4.69) is 5.32 Å².